The number of carbonyl (C=O) groups excluding carboxylic acids is 2. The highest BCUT2D eigenvalue weighted by molar-refractivity contribution is 9.11. The summed E-state index contributed by atoms with van der Waals surface area (Å²) in [6, 6.07) is 0. The first-order valence-electron chi connectivity index (χ1n) is 3.71. The first-order chi connectivity index (χ1) is 6.11. The normalized spacial score (nSPS) is 10.8. The second-order valence-electron chi connectivity index (χ2n) is 2.14. The highest BCUT2D eigenvalue weighted by Gasteiger charge is 2.10. The van der Waals surface area contributed by atoms with Crippen molar-refractivity contribution in [2.75, 3.05) is 13.2 Å². The smallest absolute Gasteiger partial charge is 0.338 e. The molecule has 0 aromatic rings. The lowest BCUT2D eigenvalue weighted by Crippen LogP contribution is -2.13. The summed E-state index contributed by atoms with van der Waals surface area (Å²) in [6.07, 6.45) is 0. The molecule has 0 saturated carbocycles. The average Bonchev–Trinajstić information content (AvgIpc) is 2.05. The topological polar surface area (TPSA) is 52.6 Å². The van der Waals surface area contributed by atoms with Gasteiger partial charge in [0.05, 0.1) is 12.2 Å². The fourth-order valence-corrected chi connectivity index (χ4v) is 0.857. The molecular formula is C8H11BrO4. The van der Waals surface area contributed by atoms with E-state index in [2.05, 4.69) is 20.7 Å². The highest BCUT2D eigenvalue weighted by atomic mass is 79.9. The molecule has 5 heteroatoms. The molecule has 4 nitrogen and oxygen atoms in total. The van der Waals surface area contributed by atoms with E-state index in [0.717, 1.165) is 0 Å². The van der Waals surface area contributed by atoms with E-state index < -0.39 is 11.9 Å². The van der Waals surface area contributed by atoms with Crippen LogP contribution in [0.5, 0.6) is 0 Å². The molecule has 0 N–H and O–H groups in total. The number of esters is 2. The van der Waals surface area contributed by atoms with Crippen LogP contribution in [0.15, 0.2) is 10.6 Å². The van der Waals surface area contributed by atoms with Crippen LogP contribution in [0.1, 0.15) is 13.8 Å². The van der Waals surface area contributed by atoms with Gasteiger partial charge in [0.25, 0.3) is 0 Å². The Bertz CT molecular complexity index is 222. The quantitative estimate of drug-likeness (QED) is 0.559. The summed E-state index contributed by atoms with van der Waals surface area (Å²) in [6.45, 7) is 3.20. The van der Waals surface area contributed by atoms with Gasteiger partial charge in [-0.2, -0.15) is 0 Å². The van der Waals surface area contributed by atoms with E-state index >= 15 is 0 Å². The van der Waals surface area contributed by atoms with Crippen molar-refractivity contribution in [2.45, 2.75) is 13.8 Å². The maximum Gasteiger partial charge on any atom is 0.338 e. The largest absolute Gasteiger partial charge is 0.463 e. The summed E-state index contributed by atoms with van der Waals surface area (Å²) >= 11 is 2.98. The predicted octanol–water partition coefficient (Wildman–Crippen LogP) is 1.39. The molecular weight excluding hydrogens is 240 g/mol. The summed E-state index contributed by atoms with van der Waals surface area (Å²) < 4.78 is 9.32. The molecule has 0 spiro atoms. The van der Waals surface area contributed by atoms with Crippen LogP contribution in [0.25, 0.3) is 0 Å². The zero-order valence-electron chi connectivity index (χ0n) is 7.50. The number of hydrogen-bond donors (Lipinski definition) is 0. The van der Waals surface area contributed by atoms with E-state index in [1.807, 2.05) is 0 Å². The van der Waals surface area contributed by atoms with Gasteiger partial charge in [0, 0.05) is 6.92 Å². The number of rotatable bonds is 4. The average molecular weight is 251 g/mol. The second-order valence-corrected chi connectivity index (χ2v) is 2.59. The third-order valence-electron chi connectivity index (χ3n) is 1.10. The molecule has 0 rings (SSSR count). The van der Waals surface area contributed by atoms with Gasteiger partial charge in [-0.1, -0.05) is 15.9 Å². The lowest BCUT2D eigenvalue weighted by molar-refractivity contribution is -0.142. The highest BCUT2D eigenvalue weighted by Crippen LogP contribution is 2.03. The van der Waals surface area contributed by atoms with Crippen LogP contribution in [0.3, 0.4) is 0 Å². The maximum absolute atomic E-state index is 11.1. The summed E-state index contributed by atoms with van der Waals surface area (Å²) in [5.74, 6) is -0.920. The van der Waals surface area contributed by atoms with Gasteiger partial charge in [-0.15, -0.1) is 0 Å². The lowest BCUT2D eigenvalue weighted by atomic mass is 10.3. The number of carbonyl (C=O) groups is 2. The monoisotopic (exact) mass is 250 g/mol. The Balaban J connectivity index is 4.04. The minimum absolute atomic E-state index is 0.0700. The molecule has 0 radical (unpaired) electrons. The van der Waals surface area contributed by atoms with Gasteiger partial charge in [-0.3, -0.25) is 4.79 Å². The first-order valence-corrected chi connectivity index (χ1v) is 4.63. The van der Waals surface area contributed by atoms with Crippen LogP contribution in [0.2, 0.25) is 0 Å². The molecule has 0 aromatic heterocycles. The van der Waals surface area contributed by atoms with Crippen LogP contribution >= 0.6 is 15.9 Å². The Labute approximate surface area is 85.0 Å². The molecule has 0 fully saturated rings. The van der Waals surface area contributed by atoms with Gasteiger partial charge < -0.3 is 9.47 Å². The van der Waals surface area contributed by atoms with Crippen LogP contribution < -0.4 is 0 Å². The predicted molar refractivity (Wildman–Crippen MR) is 50.3 cm³/mol. The van der Waals surface area contributed by atoms with Crippen molar-refractivity contribution in [3.8, 4) is 0 Å². The summed E-state index contributed by atoms with van der Waals surface area (Å²) in [4.78, 5) is 22.9. The molecule has 13 heavy (non-hydrogen) atoms. The van der Waals surface area contributed by atoms with Crippen LogP contribution in [0, 0.1) is 0 Å². The Morgan fingerprint density at radius 2 is 2.00 bits per heavy atom. The van der Waals surface area contributed by atoms with E-state index in [1.54, 1.807) is 6.92 Å². The van der Waals surface area contributed by atoms with Crippen LogP contribution in [-0.4, -0.2) is 25.2 Å². The van der Waals surface area contributed by atoms with Crippen molar-refractivity contribution in [3.63, 3.8) is 0 Å². The molecule has 0 aliphatic carbocycles. The van der Waals surface area contributed by atoms with E-state index in [-0.39, 0.29) is 12.2 Å². The fraction of sp³-hybridized carbons (Fsp3) is 0.500. The van der Waals surface area contributed by atoms with Crippen LogP contribution in [0.4, 0.5) is 0 Å². The van der Waals surface area contributed by atoms with Gasteiger partial charge >= 0.3 is 11.9 Å². The van der Waals surface area contributed by atoms with Crippen molar-refractivity contribution in [1.29, 1.82) is 0 Å². The van der Waals surface area contributed by atoms with Gasteiger partial charge in [-0.25, -0.2) is 4.79 Å². The number of hydrogen-bond acceptors (Lipinski definition) is 4. The number of halogens is 1. The zero-order chi connectivity index (χ0) is 10.3. The van der Waals surface area contributed by atoms with E-state index in [9.17, 15) is 9.59 Å². The molecule has 0 atom stereocenters. The molecule has 0 unspecified atom stereocenters. The van der Waals surface area contributed by atoms with Crippen molar-refractivity contribution < 1.29 is 19.1 Å². The third kappa shape index (κ3) is 5.41. The molecule has 74 valence electrons. The van der Waals surface area contributed by atoms with Crippen molar-refractivity contribution in [2.24, 2.45) is 0 Å². The summed E-state index contributed by atoms with van der Waals surface area (Å²) in [7, 11) is 0. The van der Waals surface area contributed by atoms with Crippen molar-refractivity contribution in [1.82, 2.24) is 0 Å². The fourth-order valence-electron chi connectivity index (χ4n) is 0.538. The Hall–Kier alpha value is -0.840. The van der Waals surface area contributed by atoms with Crippen LogP contribution in [-0.2, 0) is 19.1 Å². The lowest BCUT2D eigenvalue weighted by Gasteiger charge is -2.05. The SMILES string of the molecule is CCOC(=O)/C(=C/Br)COC(C)=O. The van der Waals surface area contributed by atoms with E-state index in [0.29, 0.717) is 6.61 Å². The van der Waals surface area contributed by atoms with Gasteiger partial charge in [0.15, 0.2) is 0 Å². The molecule has 0 aromatic carbocycles. The minimum Gasteiger partial charge on any atom is -0.463 e. The third-order valence-corrected chi connectivity index (χ3v) is 1.65. The standard InChI is InChI=1S/C8H11BrO4/c1-3-12-8(11)7(4-9)5-13-6(2)10/h4H,3,5H2,1-2H3/b7-4+. The van der Waals surface area contributed by atoms with Crippen molar-refractivity contribution >= 4 is 27.9 Å². The van der Waals surface area contributed by atoms with Gasteiger partial charge in [0.1, 0.15) is 6.61 Å². The Morgan fingerprint density at radius 1 is 1.38 bits per heavy atom. The Morgan fingerprint density at radius 3 is 2.38 bits per heavy atom. The molecule has 0 aliphatic heterocycles. The Kier molecular flexibility index (Phi) is 6.22. The molecule has 0 amide bonds. The maximum atomic E-state index is 11.1. The van der Waals surface area contributed by atoms with Gasteiger partial charge in [0.2, 0.25) is 0 Å². The minimum atomic E-state index is -0.486. The summed E-state index contributed by atoms with van der Waals surface area (Å²) in [5, 5.41) is 0. The summed E-state index contributed by atoms with van der Waals surface area (Å²) in [5.41, 5.74) is 0.275. The molecule has 0 saturated heterocycles. The van der Waals surface area contributed by atoms with Crippen molar-refractivity contribution in [3.05, 3.63) is 10.6 Å². The van der Waals surface area contributed by atoms with E-state index in [1.165, 1.54) is 11.9 Å². The van der Waals surface area contributed by atoms with Gasteiger partial charge in [-0.05, 0) is 11.9 Å². The van der Waals surface area contributed by atoms with E-state index in [4.69, 9.17) is 4.74 Å². The first kappa shape index (κ1) is 12.2. The zero-order valence-corrected chi connectivity index (χ0v) is 9.09. The number of ether oxygens (including phenoxy) is 2. The second kappa shape index (κ2) is 6.65. The molecule has 0 bridgehead atoms. The molecule has 0 heterocycles. The molecule has 0 aliphatic rings.